The molecule has 1 aliphatic rings. The summed E-state index contributed by atoms with van der Waals surface area (Å²) in [6.45, 7) is 1.76. The zero-order valence-electron chi connectivity index (χ0n) is 10.2. The van der Waals surface area contributed by atoms with Crippen LogP contribution in [0.4, 0.5) is 11.5 Å². The normalized spacial score (nSPS) is 16.7. The summed E-state index contributed by atoms with van der Waals surface area (Å²) in [5, 5.41) is 3.08. The fourth-order valence-corrected chi connectivity index (χ4v) is 2.40. The van der Waals surface area contributed by atoms with Crippen molar-refractivity contribution in [3.05, 3.63) is 17.3 Å². The van der Waals surface area contributed by atoms with Crippen molar-refractivity contribution < 1.29 is 9.53 Å². The molecule has 1 saturated heterocycles. The number of rotatable bonds is 4. The Balaban J connectivity index is 2.07. The van der Waals surface area contributed by atoms with Crippen molar-refractivity contribution in [1.82, 2.24) is 4.98 Å². The average molecular weight is 270 g/mol. The molecule has 1 N–H and O–H groups in total. The number of aromatic nitrogens is 1. The van der Waals surface area contributed by atoms with Crippen LogP contribution in [0.3, 0.4) is 0 Å². The molecule has 0 saturated carbocycles. The summed E-state index contributed by atoms with van der Waals surface area (Å²) < 4.78 is 5.33. The molecule has 0 radical (unpaired) electrons. The molecule has 0 bridgehead atoms. The Hall–Kier alpha value is -1.33. The molecule has 98 valence electrons. The SMILES string of the molecule is COC1CCN(c2ncc(NC=O)cc2Cl)CC1. The zero-order chi connectivity index (χ0) is 13.0. The maximum Gasteiger partial charge on any atom is 0.211 e. The Kier molecular flexibility index (Phi) is 4.38. The van der Waals surface area contributed by atoms with Crippen LogP contribution in [0.25, 0.3) is 0 Å². The number of hydrogen-bond donors (Lipinski definition) is 1. The third-order valence-electron chi connectivity index (χ3n) is 3.12. The monoisotopic (exact) mass is 269 g/mol. The Bertz CT molecular complexity index is 420. The number of ether oxygens (including phenoxy) is 1. The number of piperidine rings is 1. The summed E-state index contributed by atoms with van der Waals surface area (Å²) in [7, 11) is 1.74. The number of amides is 1. The van der Waals surface area contributed by atoms with E-state index in [1.54, 1.807) is 19.4 Å². The minimum Gasteiger partial charge on any atom is -0.381 e. The number of carbonyl (C=O) groups is 1. The largest absolute Gasteiger partial charge is 0.381 e. The second kappa shape index (κ2) is 6.02. The van der Waals surface area contributed by atoms with Gasteiger partial charge in [0.15, 0.2) is 0 Å². The summed E-state index contributed by atoms with van der Waals surface area (Å²) in [6.07, 6.45) is 4.50. The van der Waals surface area contributed by atoms with Crippen molar-refractivity contribution in [3.63, 3.8) is 0 Å². The van der Waals surface area contributed by atoms with Gasteiger partial charge in [-0.1, -0.05) is 11.6 Å². The topological polar surface area (TPSA) is 54.5 Å². The molecule has 1 fully saturated rings. The first-order valence-electron chi connectivity index (χ1n) is 5.88. The van der Waals surface area contributed by atoms with Gasteiger partial charge in [-0.2, -0.15) is 0 Å². The molecule has 2 heterocycles. The van der Waals surface area contributed by atoms with Gasteiger partial charge in [0.1, 0.15) is 5.82 Å². The first-order chi connectivity index (χ1) is 8.74. The van der Waals surface area contributed by atoms with Crippen LogP contribution in [0.2, 0.25) is 5.02 Å². The maximum absolute atomic E-state index is 10.3. The van der Waals surface area contributed by atoms with E-state index in [2.05, 4.69) is 15.2 Å². The predicted octanol–water partition coefficient (Wildman–Crippen LogP) is 1.92. The quantitative estimate of drug-likeness (QED) is 0.849. The molecule has 0 unspecified atom stereocenters. The van der Waals surface area contributed by atoms with E-state index in [0.717, 1.165) is 31.7 Å². The molecule has 1 amide bonds. The molecule has 1 aromatic rings. The van der Waals surface area contributed by atoms with Gasteiger partial charge in [-0.25, -0.2) is 4.98 Å². The van der Waals surface area contributed by atoms with Crippen molar-refractivity contribution in [2.75, 3.05) is 30.4 Å². The number of pyridine rings is 1. The number of halogens is 1. The lowest BCUT2D eigenvalue weighted by molar-refractivity contribution is -0.105. The first-order valence-corrected chi connectivity index (χ1v) is 6.26. The van der Waals surface area contributed by atoms with E-state index in [1.807, 2.05) is 0 Å². The molecule has 0 aliphatic carbocycles. The molecule has 0 aromatic carbocycles. The molecular weight excluding hydrogens is 254 g/mol. The van der Waals surface area contributed by atoms with Gasteiger partial charge in [-0.15, -0.1) is 0 Å². The Labute approximate surface area is 111 Å². The number of nitrogens with one attached hydrogen (secondary N) is 1. The van der Waals surface area contributed by atoms with E-state index < -0.39 is 0 Å². The highest BCUT2D eigenvalue weighted by Crippen LogP contribution is 2.28. The van der Waals surface area contributed by atoms with E-state index in [9.17, 15) is 4.79 Å². The highest BCUT2D eigenvalue weighted by molar-refractivity contribution is 6.33. The second-order valence-corrected chi connectivity index (χ2v) is 4.62. The van der Waals surface area contributed by atoms with Crippen LogP contribution in [-0.2, 0) is 9.53 Å². The Morgan fingerprint density at radius 1 is 1.56 bits per heavy atom. The molecule has 1 aromatic heterocycles. The Morgan fingerprint density at radius 3 is 2.83 bits per heavy atom. The highest BCUT2D eigenvalue weighted by atomic mass is 35.5. The standard InChI is InChI=1S/C12H16ClN3O2/c1-18-10-2-4-16(5-3-10)12-11(13)6-9(7-14-12)15-8-17/h6-8,10H,2-5H2,1H3,(H,15,17). The predicted molar refractivity (Wildman–Crippen MR) is 71.2 cm³/mol. The lowest BCUT2D eigenvalue weighted by Crippen LogP contribution is -2.37. The summed E-state index contributed by atoms with van der Waals surface area (Å²) in [4.78, 5) is 16.8. The van der Waals surface area contributed by atoms with E-state index in [-0.39, 0.29) is 0 Å². The van der Waals surface area contributed by atoms with Gasteiger partial charge in [0, 0.05) is 20.2 Å². The van der Waals surface area contributed by atoms with Crippen molar-refractivity contribution in [3.8, 4) is 0 Å². The molecule has 6 heteroatoms. The molecular formula is C12H16ClN3O2. The average Bonchev–Trinajstić information content (AvgIpc) is 2.40. The lowest BCUT2D eigenvalue weighted by Gasteiger charge is -2.32. The zero-order valence-corrected chi connectivity index (χ0v) is 11.0. The lowest BCUT2D eigenvalue weighted by atomic mass is 10.1. The van der Waals surface area contributed by atoms with Crippen LogP contribution < -0.4 is 10.2 Å². The maximum atomic E-state index is 10.3. The van der Waals surface area contributed by atoms with Gasteiger partial charge in [0.05, 0.1) is 23.0 Å². The van der Waals surface area contributed by atoms with Crippen LogP contribution >= 0.6 is 11.6 Å². The van der Waals surface area contributed by atoms with Gasteiger partial charge in [-0.3, -0.25) is 4.79 Å². The molecule has 0 spiro atoms. The molecule has 1 aliphatic heterocycles. The summed E-state index contributed by atoms with van der Waals surface area (Å²) in [6, 6.07) is 1.71. The van der Waals surface area contributed by atoms with Gasteiger partial charge >= 0.3 is 0 Å². The Morgan fingerprint density at radius 2 is 2.28 bits per heavy atom. The van der Waals surface area contributed by atoms with Crippen molar-refractivity contribution in [2.45, 2.75) is 18.9 Å². The van der Waals surface area contributed by atoms with Crippen molar-refractivity contribution in [1.29, 1.82) is 0 Å². The van der Waals surface area contributed by atoms with Crippen LogP contribution in [0, 0.1) is 0 Å². The van der Waals surface area contributed by atoms with E-state index in [4.69, 9.17) is 16.3 Å². The van der Waals surface area contributed by atoms with Crippen molar-refractivity contribution >= 4 is 29.5 Å². The minimum absolute atomic E-state index is 0.330. The third kappa shape index (κ3) is 2.91. The number of methoxy groups -OCH3 is 1. The fraction of sp³-hybridized carbons (Fsp3) is 0.500. The minimum atomic E-state index is 0.330. The smallest absolute Gasteiger partial charge is 0.211 e. The highest BCUT2D eigenvalue weighted by Gasteiger charge is 2.21. The number of carbonyl (C=O) groups excluding carboxylic acids is 1. The summed E-state index contributed by atoms with van der Waals surface area (Å²) in [5.74, 6) is 0.766. The van der Waals surface area contributed by atoms with Crippen LogP contribution in [0.15, 0.2) is 12.3 Å². The van der Waals surface area contributed by atoms with Crippen LogP contribution in [0.1, 0.15) is 12.8 Å². The molecule has 2 rings (SSSR count). The van der Waals surface area contributed by atoms with Crippen molar-refractivity contribution in [2.24, 2.45) is 0 Å². The van der Waals surface area contributed by atoms with Gasteiger partial charge < -0.3 is 15.0 Å². The summed E-state index contributed by atoms with van der Waals surface area (Å²) in [5.41, 5.74) is 0.602. The van der Waals surface area contributed by atoms with E-state index >= 15 is 0 Å². The molecule has 5 nitrogen and oxygen atoms in total. The van der Waals surface area contributed by atoms with Crippen LogP contribution in [0.5, 0.6) is 0 Å². The van der Waals surface area contributed by atoms with E-state index in [1.165, 1.54) is 0 Å². The fourth-order valence-electron chi connectivity index (χ4n) is 2.11. The van der Waals surface area contributed by atoms with Gasteiger partial charge in [0.25, 0.3) is 0 Å². The number of nitrogens with zero attached hydrogens (tertiary/aromatic N) is 2. The number of hydrogen-bond acceptors (Lipinski definition) is 4. The third-order valence-corrected chi connectivity index (χ3v) is 3.40. The summed E-state index contributed by atoms with van der Waals surface area (Å²) >= 11 is 6.18. The van der Waals surface area contributed by atoms with Gasteiger partial charge in [-0.05, 0) is 18.9 Å². The van der Waals surface area contributed by atoms with Crippen LogP contribution in [-0.4, -0.2) is 37.7 Å². The molecule has 18 heavy (non-hydrogen) atoms. The first kappa shape index (κ1) is 13.1. The molecule has 0 atom stereocenters. The van der Waals surface area contributed by atoms with Gasteiger partial charge in [0.2, 0.25) is 6.41 Å². The number of anilines is 2. The second-order valence-electron chi connectivity index (χ2n) is 4.21. The van der Waals surface area contributed by atoms with E-state index in [0.29, 0.717) is 23.2 Å².